The van der Waals surface area contributed by atoms with Crippen LogP contribution >= 0.6 is 43.2 Å². The number of nitrogens with zero attached hydrogens (tertiary/aromatic N) is 1. The van der Waals surface area contributed by atoms with Crippen LogP contribution in [0.3, 0.4) is 0 Å². The van der Waals surface area contributed by atoms with Gasteiger partial charge in [-0.2, -0.15) is 0 Å². The zero-order chi connectivity index (χ0) is 33.2. The van der Waals surface area contributed by atoms with Gasteiger partial charge in [0.15, 0.2) is 5.79 Å². The van der Waals surface area contributed by atoms with Gasteiger partial charge in [0.25, 0.3) is 0 Å². The molecule has 1 rings (SSSR count). The normalized spacial score (nSPS) is 16.6. The van der Waals surface area contributed by atoms with Crippen molar-refractivity contribution in [2.24, 2.45) is 0 Å². The molecule has 1 unspecified atom stereocenters. The molecule has 1 fully saturated rings. The van der Waals surface area contributed by atoms with Crippen LogP contribution in [0.1, 0.15) is 162 Å². The van der Waals surface area contributed by atoms with Crippen LogP contribution in [0.5, 0.6) is 0 Å². The van der Waals surface area contributed by atoms with Crippen molar-refractivity contribution in [3.8, 4) is 0 Å². The van der Waals surface area contributed by atoms with Gasteiger partial charge in [0.05, 0.1) is 12.7 Å². The SMILES string of the molecule is CCCCCCCC/C=C\CCSSCCCCC1(CCCCSSCC/C=C\CCCCCCCC)OCC(CCN(C)C)O1. The van der Waals surface area contributed by atoms with Crippen LogP contribution in [0, 0.1) is 0 Å². The summed E-state index contributed by atoms with van der Waals surface area (Å²) in [5.41, 5.74) is 0. The van der Waals surface area contributed by atoms with Gasteiger partial charge >= 0.3 is 0 Å². The third kappa shape index (κ3) is 28.6. The molecular weight excluding hydrogens is 643 g/mol. The summed E-state index contributed by atoms with van der Waals surface area (Å²) in [5, 5.41) is 0. The fourth-order valence-corrected chi connectivity index (χ4v) is 9.96. The Balaban J connectivity index is 2.13. The molecule has 0 aromatic carbocycles. The Morgan fingerprint density at radius 2 is 1.02 bits per heavy atom. The largest absolute Gasteiger partial charge is 0.347 e. The van der Waals surface area contributed by atoms with Gasteiger partial charge in [-0.3, -0.25) is 0 Å². The van der Waals surface area contributed by atoms with Crippen molar-refractivity contribution >= 4 is 43.2 Å². The summed E-state index contributed by atoms with van der Waals surface area (Å²) in [7, 11) is 12.5. The summed E-state index contributed by atoms with van der Waals surface area (Å²) < 4.78 is 13.1. The van der Waals surface area contributed by atoms with Crippen molar-refractivity contribution < 1.29 is 9.47 Å². The van der Waals surface area contributed by atoms with E-state index in [0.717, 1.165) is 32.4 Å². The molecule has 0 radical (unpaired) electrons. The first kappa shape index (κ1) is 44.8. The number of hydrogen-bond acceptors (Lipinski definition) is 7. The average molecular weight is 718 g/mol. The Hall–Kier alpha value is 0.760. The van der Waals surface area contributed by atoms with Gasteiger partial charge in [-0.25, -0.2) is 0 Å². The van der Waals surface area contributed by atoms with Gasteiger partial charge in [0, 0.05) is 42.4 Å². The molecular formula is C39H75NO2S4. The Bertz CT molecular complexity index is 649. The maximum atomic E-state index is 6.66. The quantitative estimate of drug-likeness (QED) is 0.0365. The molecule has 0 spiro atoms. The van der Waals surface area contributed by atoms with E-state index in [-0.39, 0.29) is 11.9 Å². The van der Waals surface area contributed by atoms with Crippen molar-refractivity contribution in [1.29, 1.82) is 0 Å². The molecule has 272 valence electrons. The fraction of sp³-hybridized carbons (Fsp3) is 0.897. The minimum absolute atomic E-state index is 0.250. The molecule has 1 heterocycles. The predicted molar refractivity (Wildman–Crippen MR) is 218 cm³/mol. The highest BCUT2D eigenvalue weighted by atomic mass is 33.1. The van der Waals surface area contributed by atoms with Crippen molar-refractivity contribution in [1.82, 2.24) is 4.90 Å². The molecule has 1 aliphatic rings. The summed E-state index contributed by atoms with van der Waals surface area (Å²) in [4.78, 5) is 2.25. The van der Waals surface area contributed by atoms with E-state index in [0.29, 0.717) is 0 Å². The molecule has 0 amide bonds. The molecule has 3 nitrogen and oxygen atoms in total. The number of ether oxygens (including phenoxy) is 2. The minimum atomic E-state index is -0.339. The minimum Gasteiger partial charge on any atom is -0.347 e. The number of hydrogen-bond donors (Lipinski definition) is 0. The summed E-state index contributed by atoms with van der Waals surface area (Å²) in [5.74, 6) is 4.58. The lowest BCUT2D eigenvalue weighted by Gasteiger charge is -2.28. The first-order valence-electron chi connectivity index (χ1n) is 19.4. The number of unbranched alkanes of at least 4 members (excludes halogenated alkanes) is 14. The molecule has 0 N–H and O–H groups in total. The first-order valence-corrected chi connectivity index (χ1v) is 24.3. The van der Waals surface area contributed by atoms with Crippen LogP contribution in [0.4, 0.5) is 0 Å². The molecule has 0 aromatic rings. The highest BCUT2D eigenvalue weighted by Gasteiger charge is 2.40. The van der Waals surface area contributed by atoms with Gasteiger partial charge in [0.1, 0.15) is 0 Å². The molecule has 1 atom stereocenters. The van der Waals surface area contributed by atoms with E-state index >= 15 is 0 Å². The van der Waals surface area contributed by atoms with Crippen LogP contribution in [-0.2, 0) is 9.47 Å². The van der Waals surface area contributed by atoms with Crippen molar-refractivity contribution in [2.75, 3.05) is 50.3 Å². The second kappa shape index (κ2) is 34.2. The van der Waals surface area contributed by atoms with Crippen LogP contribution < -0.4 is 0 Å². The Labute approximate surface area is 304 Å². The van der Waals surface area contributed by atoms with Gasteiger partial charge in [-0.15, -0.1) is 0 Å². The van der Waals surface area contributed by atoms with Gasteiger partial charge in [-0.05, 0) is 84.7 Å². The lowest BCUT2D eigenvalue weighted by Crippen LogP contribution is -2.31. The second-order valence-corrected chi connectivity index (χ2v) is 18.8. The summed E-state index contributed by atoms with van der Waals surface area (Å²) in [6.07, 6.45) is 39.6. The first-order chi connectivity index (χ1) is 22.6. The Kier molecular flexibility index (Phi) is 33.3. The average Bonchev–Trinajstić information content (AvgIpc) is 3.46. The zero-order valence-electron chi connectivity index (χ0n) is 30.8. The smallest absolute Gasteiger partial charge is 0.168 e. The molecule has 0 bridgehead atoms. The molecule has 46 heavy (non-hydrogen) atoms. The lowest BCUT2D eigenvalue weighted by atomic mass is 10.0. The highest BCUT2D eigenvalue weighted by Crippen LogP contribution is 2.36. The van der Waals surface area contributed by atoms with E-state index < -0.39 is 0 Å². The molecule has 1 saturated heterocycles. The highest BCUT2D eigenvalue weighted by molar-refractivity contribution is 8.77. The van der Waals surface area contributed by atoms with Crippen LogP contribution in [0.2, 0.25) is 0 Å². The van der Waals surface area contributed by atoms with E-state index in [2.05, 4.69) is 78.7 Å². The predicted octanol–water partition coefficient (Wildman–Crippen LogP) is 13.5. The van der Waals surface area contributed by atoms with Crippen LogP contribution in [0.25, 0.3) is 0 Å². The molecule has 0 aromatic heterocycles. The van der Waals surface area contributed by atoms with Crippen molar-refractivity contribution in [2.45, 2.75) is 173 Å². The standard InChI is InChI=1S/C39H75NO2S4/c1-5-7-9-11-13-15-17-19-21-25-33-43-45-35-27-23-30-39(41-37-38(42-39)29-32-40(3)4)31-24-28-36-46-44-34-26-22-20-18-16-14-12-10-8-6-2/h19-22,38H,5-18,23-37H2,1-4H3/b21-19-,22-20-. The third-order valence-corrected chi connectivity index (χ3v) is 13.6. The second-order valence-electron chi connectivity index (χ2n) is 13.4. The Morgan fingerprint density at radius 3 is 1.52 bits per heavy atom. The maximum Gasteiger partial charge on any atom is 0.168 e. The molecule has 0 aliphatic carbocycles. The number of rotatable bonds is 35. The summed E-state index contributed by atoms with van der Waals surface area (Å²) >= 11 is 0. The summed E-state index contributed by atoms with van der Waals surface area (Å²) in [6.45, 7) is 6.41. The van der Waals surface area contributed by atoms with E-state index in [1.807, 2.05) is 21.6 Å². The molecule has 0 saturated carbocycles. The lowest BCUT2D eigenvalue weighted by molar-refractivity contribution is -0.179. The van der Waals surface area contributed by atoms with Crippen LogP contribution in [0.15, 0.2) is 24.3 Å². The van der Waals surface area contributed by atoms with Gasteiger partial charge in [0.2, 0.25) is 0 Å². The maximum absolute atomic E-state index is 6.66. The zero-order valence-corrected chi connectivity index (χ0v) is 34.1. The van der Waals surface area contributed by atoms with E-state index in [1.54, 1.807) is 0 Å². The fourth-order valence-electron chi connectivity index (χ4n) is 5.68. The third-order valence-electron chi connectivity index (χ3n) is 8.57. The Morgan fingerprint density at radius 1 is 0.565 bits per heavy atom. The monoisotopic (exact) mass is 717 g/mol. The topological polar surface area (TPSA) is 21.7 Å². The van der Waals surface area contributed by atoms with Crippen molar-refractivity contribution in [3.63, 3.8) is 0 Å². The van der Waals surface area contributed by atoms with Crippen LogP contribution in [-0.4, -0.2) is 67.0 Å². The number of allylic oxidation sites excluding steroid dienone is 4. The summed E-state index contributed by atoms with van der Waals surface area (Å²) in [6, 6.07) is 0. The van der Waals surface area contributed by atoms with Gasteiger partial charge < -0.3 is 14.4 Å². The van der Waals surface area contributed by atoms with E-state index in [1.165, 1.54) is 151 Å². The van der Waals surface area contributed by atoms with Crippen molar-refractivity contribution in [3.05, 3.63) is 24.3 Å². The molecule has 1 aliphatic heterocycles. The van der Waals surface area contributed by atoms with Gasteiger partial charge in [-0.1, -0.05) is 146 Å². The molecule has 7 heteroatoms. The van der Waals surface area contributed by atoms with E-state index in [9.17, 15) is 0 Å². The van der Waals surface area contributed by atoms with E-state index in [4.69, 9.17) is 9.47 Å².